The molecule has 0 saturated heterocycles. The van der Waals surface area contributed by atoms with E-state index in [0.717, 1.165) is 19.3 Å². The topological polar surface area (TPSA) is 37.3 Å². The van der Waals surface area contributed by atoms with Gasteiger partial charge in [-0.1, -0.05) is 26.7 Å². The summed E-state index contributed by atoms with van der Waals surface area (Å²) < 4.78 is 0. The van der Waals surface area contributed by atoms with Gasteiger partial charge in [-0.2, -0.15) is 11.8 Å². The average Bonchev–Trinajstić information content (AvgIpc) is 2.12. The van der Waals surface area contributed by atoms with Gasteiger partial charge in [-0.05, 0) is 19.6 Å². The van der Waals surface area contributed by atoms with Gasteiger partial charge in [-0.3, -0.25) is 4.79 Å². The van der Waals surface area contributed by atoms with Crippen molar-refractivity contribution >= 4 is 17.7 Å². The van der Waals surface area contributed by atoms with Gasteiger partial charge < -0.3 is 5.11 Å². The molecule has 0 amide bonds. The van der Waals surface area contributed by atoms with E-state index in [4.69, 9.17) is 5.11 Å². The van der Waals surface area contributed by atoms with E-state index in [0.29, 0.717) is 0 Å². The van der Waals surface area contributed by atoms with Gasteiger partial charge in [-0.25, -0.2) is 0 Å². The Morgan fingerprint density at radius 1 is 1.62 bits per heavy atom. The number of hydrogen-bond acceptors (Lipinski definition) is 2. The highest BCUT2D eigenvalue weighted by molar-refractivity contribution is 7.99. The number of carboxylic acids is 1. The average molecular weight is 204 g/mol. The Hall–Kier alpha value is -0.180. The van der Waals surface area contributed by atoms with Gasteiger partial charge in [0.05, 0.1) is 5.41 Å². The van der Waals surface area contributed by atoms with Crippen molar-refractivity contribution in [2.45, 2.75) is 45.3 Å². The molecule has 0 aromatic carbocycles. The fourth-order valence-corrected chi connectivity index (χ4v) is 2.03. The number of aliphatic carboxylic acids is 1. The molecule has 0 aromatic rings. The zero-order valence-corrected chi connectivity index (χ0v) is 9.78. The lowest BCUT2D eigenvalue weighted by molar-refractivity contribution is -0.148. The van der Waals surface area contributed by atoms with Crippen LogP contribution in [0.3, 0.4) is 0 Å². The van der Waals surface area contributed by atoms with Crippen LogP contribution < -0.4 is 0 Å². The summed E-state index contributed by atoms with van der Waals surface area (Å²) in [4.78, 5) is 11.1. The Bertz CT molecular complexity index is 170. The van der Waals surface area contributed by atoms with E-state index >= 15 is 0 Å². The Kier molecular flexibility index (Phi) is 5.45. The standard InChI is InChI=1S/C10H20O2S/c1-5-6-7-10(3,9(11)12)8(2)13-4/h8H,5-7H2,1-4H3,(H,11,12)/t8-,10?/m0/s1. The van der Waals surface area contributed by atoms with E-state index in [1.807, 2.05) is 20.1 Å². The second-order valence-electron chi connectivity index (χ2n) is 3.70. The fourth-order valence-electron chi connectivity index (χ4n) is 1.29. The molecule has 1 unspecified atom stereocenters. The van der Waals surface area contributed by atoms with Crippen LogP contribution in [0.5, 0.6) is 0 Å². The van der Waals surface area contributed by atoms with E-state index in [1.54, 1.807) is 11.8 Å². The van der Waals surface area contributed by atoms with Crippen molar-refractivity contribution < 1.29 is 9.90 Å². The molecule has 0 bridgehead atoms. The van der Waals surface area contributed by atoms with Crippen LogP contribution in [-0.2, 0) is 4.79 Å². The molecule has 0 saturated carbocycles. The molecule has 1 N–H and O–H groups in total. The van der Waals surface area contributed by atoms with E-state index in [-0.39, 0.29) is 5.25 Å². The van der Waals surface area contributed by atoms with Crippen molar-refractivity contribution in [1.82, 2.24) is 0 Å². The van der Waals surface area contributed by atoms with Crippen LogP contribution in [0, 0.1) is 5.41 Å². The van der Waals surface area contributed by atoms with Gasteiger partial charge >= 0.3 is 5.97 Å². The Morgan fingerprint density at radius 3 is 2.46 bits per heavy atom. The zero-order chi connectivity index (χ0) is 10.5. The third-order valence-corrected chi connectivity index (χ3v) is 4.02. The van der Waals surface area contributed by atoms with E-state index in [1.165, 1.54) is 0 Å². The van der Waals surface area contributed by atoms with Crippen LogP contribution in [0.25, 0.3) is 0 Å². The zero-order valence-electron chi connectivity index (χ0n) is 8.96. The number of carboxylic acid groups (broad SMARTS) is 1. The van der Waals surface area contributed by atoms with Crippen molar-refractivity contribution in [3.05, 3.63) is 0 Å². The third kappa shape index (κ3) is 3.22. The highest BCUT2D eigenvalue weighted by Gasteiger charge is 2.37. The van der Waals surface area contributed by atoms with E-state index in [9.17, 15) is 4.79 Å². The highest BCUT2D eigenvalue weighted by Crippen LogP contribution is 2.35. The summed E-state index contributed by atoms with van der Waals surface area (Å²) in [6.07, 6.45) is 4.80. The molecule has 3 heteroatoms. The maximum absolute atomic E-state index is 11.1. The Morgan fingerprint density at radius 2 is 2.15 bits per heavy atom. The van der Waals surface area contributed by atoms with Crippen LogP contribution in [0.2, 0.25) is 0 Å². The molecule has 78 valence electrons. The maximum Gasteiger partial charge on any atom is 0.310 e. The summed E-state index contributed by atoms with van der Waals surface area (Å²) in [5.41, 5.74) is -0.560. The molecular weight excluding hydrogens is 184 g/mol. The lowest BCUT2D eigenvalue weighted by atomic mass is 9.82. The van der Waals surface area contributed by atoms with Gasteiger partial charge in [0.2, 0.25) is 0 Å². The Labute approximate surface area is 85.1 Å². The van der Waals surface area contributed by atoms with Crippen molar-refractivity contribution in [3.8, 4) is 0 Å². The molecule has 0 rings (SSSR count). The number of thioether (sulfide) groups is 1. The number of unbranched alkanes of at least 4 members (excludes halogenated alkanes) is 1. The minimum absolute atomic E-state index is 0.177. The van der Waals surface area contributed by atoms with Gasteiger partial charge in [0.1, 0.15) is 0 Å². The quantitative estimate of drug-likeness (QED) is 0.722. The minimum Gasteiger partial charge on any atom is -0.481 e. The summed E-state index contributed by atoms with van der Waals surface area (Å²) in [5, 5.41) is 9.32. The predicted molar refractivity (Wildman–Crippen MR) is 58.2 cm³/mol. The molecule has 0 fully saturated rings. The molecule has 0 aliphatic rings. The SMILES string of the molecule is CCCCC(C)(C(=O)O)[C@H](C)SC. The van der Waals surface area contributed by atoms with Gasteiger partial charge in [0.15, 0.2) is 0 Å². The van der Waals surface area contributed by atoms with E-state index in [2.05, 4.69) is 6.92 Å². The molecule has 0 spiro atoms. The molecule has 2 nitrogen and oxygen atoms in total. The lowest BCUT2D eigenvalue weighted by Crippen LogP contribution is -2.36. The van der Waals surface area contributed by atoms with Crippen LogP contribution in [-0.4, -0.2) is 22.6 Å². The first-order valence-corrected chi connectivity index (χ1v) is 6.04. The molecule has 0 aliphatic heterocycles. The lowest BCUT2D eigenvalue weighted by Gasteiger charge is -2.30. The normalized spacial score (nSPS) is 17.8. The molecule has 0 aliphatic carbocycles. The Balaban J connectivity index is 4.42. The maximum atomic E-state index is 11.1. The molecule has 0 radical (unpaired) electrons. The molecule has 0 aromatic heterocycles. The van der Waals surface area contributed by atoms with Crippen molar-refractivity contribution in [3.63, 3.8) is 0 Å². The number of hydrogen-bond donors (Lipinski definition) is 1. The third-order valence-electron chi connectivity index (χ3n) is 2.79. The van der Waals surface area contributed by atoms with Crippen LogP contribution in [0.4, 0.5) is 0 Å². The van der Waals surface area contributed by atoms with Crippen LogP contribution in [0.1, 0.15) is 40.0 Å². The first kappa shape index (κ1) is 12.8. The fraction of sp³-hybridized carbons (Fsp3) is 0.900. The predicted octanol–water partition coefficient (Wildman–Crippen LogP) is 3.02. The number of rotatable bonds is 6. The smallest absolute Gasteiger partial charge is 0.310 e. The summed E-state index contributed by atoms with van der Waals surface area (Å²) >= 11 is 1.63. The largest absolute Gasteiger partial charge is 0.481 e. The van der Waals surface area contributed by atoms with Crippen LogP contribution >= 0.6 is 11.8 Å². The van der Waals surface area contributed by atoms with Crippen molar-refractivity contribution in [2.75, 3.05) is 6.26 Å². The van der Waals surface area contributed by atoms with Gasteiger partial charge in [0, 0.05) is 5.25 Å². The molecular formula is C10H20O2S. The van der Waals surface area contributed by atoms with Crippen LogP contribution in [0.15, 0.2) is 0 Å². The molecule has 2 atom stereocenters. The summed E-state index contributed by atoms with van der Waals surface area (Å²) in [5.74, 6) is -0.664. The van der Waals surface area contributed by atoms with Crippen molar-refractivity contribution in [1.29, 1.82) is 0 Å². The summed E-state index contributed by atoms with van der Waals surface area (Å²) in [7, 11) is 0. The monoisotopic (exact) mass is 204 g/mol. The highest BCUT2D eigenvalue weighted by atomic mass is 32.2. The second-order valence-corrected chi connectivity index (χ2v) is 4.88. The first-order valence-electron chi connectivity index (χ1n) is 4.75. The minimum atomic E-state index is -0.664. The van der Waals surface area contributed by atoms with Gasteiger partial charge in [0.25, 0.3) is 0 Å². The number of carbonyl (C=O) groups is 1. The molecule has 13 heavy (non-hydrogen) atoms. The summed E-state index contributed by atoms with van der Waals surface area (Å²) in [6.45, 7) is 5.94. The molecule has 0 heterocycles. The summed E-state index contributed by atoms with van der Waals surface area (Å²) in [6, 6.07) is 0. The first-order chi connectivity index (χ1) is 5.99. The second kappa shape index (κ2) is 5.53. The van der Waals surface area contributed by atoms with Gasteiger partial charge in [-0.15, -0.1) is 0 Å². The van der Waals surface area contributed by atoms with E-state index < -0.39 is 11.4 Å². The van der Waals surface area contributed by atoms with Crippen molar-refractivity contribution in [2.24, 2.45) is 5.41 Å².